The van der Waals surface area contributed by atoms with E-state index in [0.29, 0.717) is 4.90 Å². The average molecular weight is 320 g/mol. The van der Waals surface area contributed by atoms with Gasteiger partial charge in [-0.05, 0) is 37.3 Å². The second-order valence-electron chi connectivity index (χ2n) is 4.15. The minimum Gasteiger partial charge on any atom is -0.466 e. The number of esters is 1. The van der Waals surface area contributed by atoms with Crippen LogP contribution in [-0.2, 0) is 16.0 Å². The van der Waals surface area contributed by atoms with E-state index in [1.54, 1.807) is 19.2 Å². The molecule has 0 aliphatic heterocycles. The lowest BCUT2D eigenvalue weighted by Crippen LogP contribution is -2.24. The Morgan fingerprint density at radius 1 is 1.29 bits per heavy atom. The molecule has 0 unspecified atom stereocenters. The van der Waals surface area contributed by atoms with E-state index in [9.17, 15) is 22.8 Å². The van der Waals surface area contributed by atoms with Gasteiger partial charge in [-0.15, -0.1) is 11.8 Å². The highest BCUT2D eigenvalue weighted by Crippen LogP contribution is 2.27. The van der Waals surface area contributed by atoms with Crippen molar-refractivity contribution in [2.75, 3.05) is 12.9 Å². The number of halogens is 3. The van der Waals surface area contributed by atoms with Gasteiger partial charge in [0, 0.05) is 16.9 Å². The van der Waals surface area contributed by atoms with Crippen LogP contribution in [0.25, 0.3) is 0 Å². The molecule has 0 radical (unpaired) electrons. The molecule has 0 bridgehead atoms. The van der Waals surface area contributed by atoms with Crippen LogP contribution in [0.2, 0.25) is 0 Å². The van der Waals surface area contributed by atoms with Gasteiger partial charge in [-0.1, -0.05) is 6.07 Å². The monoisotopic (exact) mass is 320 g/mol. The molecule has 0 aliphatic rings. The second-order valence-corrected chi connectivity index (χ2v) is 5.03. The van der Waals surface area contributed by atoms with Crippen molar-refractivity contribution in [2.24, 2.45) is 0 Å². The Labute approximate surface area is 124 Å². The molecule has 3 nitrogen and oxygen atoms in total. The molecule has 0 aliphatic carbocycles. The van der Waals surface area contributed by atoms with Gasteiger partial charge in [-0.3, -0.25) is 9.59 Å². The van der Waals surface area contributed by atoms with E-state index in [-0.39, 0.29) is 25.0 Å². The van der Waals surface area contributed by atoms with Crippen LogP contribution in [0.3, 0.4) is 0 Å². The third-order valence-corrected chi connectivity index (χ3v) is 3.45. The predicted molar refractivity (Wildman–Crippen MR) is 73.6 cm³/mol. The van der Waals surface area contributed by atoms with E-state index in [0.717, 1.165) is 0 Å². The number of carbonyl (C=O) groups is 2. The summed E-state index contributed by atoms with van der Waals surface area (Å²) in [5.41, 5.74) is -0.207. The number of ether oxygens (including phenoxy) is 1. The molecular formula is C14H15F3O3S. The van der Waals surface area contributed by atoms with Gasteiger partial charge >= 0.3 is 12.1 Å². The zero-order chi connectivity index (χ0) is 16.0. The van der Waals surface area contributed by atoms with Gasteiger partial charge in [0.1, 0.15) is 0 Å². The summed E-state index contributed by atoms with van der Waals surface area (Å²) in [6.45, 7) is 1.85. The highest BCUT2D eigenvalue weighted by Gasteiger charge is 2.40. The Morgan fingerprint density at radius 2 is 1.95 bits per heavy atom. The van der Waals surface area contributed by atoms with Gasteiger partial charge < -0.3 is 4.74 Å². The second kappa shape index (κ2) is 7.49. The molecule has 0 amide bonds. The molecule has 0 spiro atoms. The molecule has 21 heavy (non-hydrogen) atoms. The van der Waals surface area contributed by atoms with Crippen LogP contribution < -0.4 is 0 Å². The number of hydrogen-bond donors (Lipinski definition) is 0. The topological polar surface area (TPSA) is 43.4 Å². The summed E-state index contributed by atoms with van der Waals surface area (Å²) >= 11 is 1.24. The van der Waals surface area contributed by atoms with Crippen LogP contribution in [-0.4, -0.2) is 30.8 Å². The molecular weight excluding hydrogens is 305 g/mol. The summed E-state index contributed by atoms with van der Waals surface area (Å²) in [4.78, 5) is 23.3. The van der Waals surface area contributed by atoms with Crippen molar-refractivity contribution in [1.82, 2.24) is 0 Å². The molecule has 0 saturated carbocycles. The molecule has 0 saturated heterocycles. The number of hydrogen-bond acceptors (Lipinski definition) is 4. The van der Waals surface area contributed by atoms with Gasteiger partial charge in [0.2, 0.25) is 0 Å². The number of thioether (sulfide) groups is 1. The minimum absolute atomic E-state index is 0.0324. The summed E-state index contributed by atoms with van der Waals surface area (Å²) in [6.07, 6.45) is -3.26. The maximum Gasteiger partial charge on any atom is 0.454 e. The summed E-state index contributed by atoms with van der Waals surface area (Å²) < 4.78 is 42.6. The smallest absolute Gasteiger partial charge is 0.454 e. The number of carbonyl (C=O) groups excluding carboxylic acids is 2. The molecule has 7 heteroatoms. The van der Waals surface area contributed by atoms with E-state index in [1.165, 1.54) is 23.9 Å². The molecule has 0 aromatic heterocycles. The van der Waals surface area contributed by atoms with Crippen LogP contribution in [0.1, 0.15) is 29.3 Å². The van der Waals surface area contributed by atoms with Crippen LogP contribution in [0.15, 0.2) is 23.1 Å². The van der Waals surface area contributed by atoms with Gasteiger partial charge in [-0.2, -0.15) is 13.2 Å². The summed E-state index contributed by atoms with van der Waals surface area (Å²) in [5, 5.41) is 0. The highest BCUT2D eigenvalue weighted by atomic mass is 32.2. The Bertz CT molecular complexity index is 527. The number of Topliss-reactive ketones (excluding diaryl/α,β-unsaturated/α-hetero) is 1. The van der Waals surface area contributed by atoms with Crippen LogP contribution >= 0.6 is 11.8 Å². The molecule has 0 atom stereocenters. The van der Waals surface area contributed by atoms with Crippen molar-refractivity contribution < 1.29 is 27.5 Å². The van der Waals surface area contributed by atoms with Crippen LogP contribution in [0.5, 0.6) is 0 Å². The normalized spacial score (nSPS) is 11.3. The van der Waals surface area contributed by atoms with E-state index >= 15 is 0 Å². The number of alkyl halides is 3. The van der Waals surface area contributed by atoms with Crippen LogP contribution in [0.4, 0.5) is 13.2 Å². The maximum atomic E-state index is 12.6. The molecule has 0 heterocycles. The molecule has 0 N–H and O–H groups in total. The third-order valence-electron chi connectivity index (χ3n) is 2.72. The van der Waals surface area contributed by atoms with Crippen molar-refractivity contribution >= 4 is 23.5 Å². The summed E-state index contributed by atoms with van der Waals surface area (Å²) in [5.74, 6) is -2.39. The molecule has 1 aromatic carbocycles. The van der Waals surface area contributed by atoms with Crippen molar-refractivity contribution in [1.29, 1.82) is 0 Å². The maximum absolute atomic E-state index is 12.6. The lowest BCUT2D eigenvalue weighted by molar-refractivity contribution is -0.143. The zero-order valence-corrected chi connectivity index (χ0v) is 12.4. The molecule has 1 rings (SSSR count). The number of aryl methyl sites for hydroxylation is 1. The molecule has 1 aromatic rings. The SMILES string of the molecule is CCOC(=O)CCc1ccc(SC)cc1C(=O)C(F)(F)F. The Kier molecular flexibility index (Phi) is 6.26. The lowest BCUT2D eigenvalue weighted by atomic mass is 9.99. The standard InChI is InChI=1S/C14H15F3O3S/c1-3-20-12(18)7-5-9-4-6-10(21-2)8-11(9)13(19)14(15,16)17/h4,6,8H,3,5,7H2,1-2H3. The zero-order valence-electron chi connectivity index (χ0n) is 11.6. The first-order chi connectivity index (χ1) is 9.79. The van der Waals surface area contributed by atoms with Crippen molar-refractivity contribution in [3.63, 3.8) is 0 Å². The fourth-order valence-electron chi connectivity index (χ4n) is 1.73. The van der Waals surface area contributed by atoms with Crippen LogP contribution in [0, 0.1) is 0 Å². The number of rotatable bonds is 6. The van der Waals surface area contributed by atoms with E-state index < -0.39 is 23.5 Å². The Morgan fingerprint density at radius 3 is 2.48 bits per heavy atom. The minimum atomic E-state index is -4.93. The van der Waals surface area contributed by atoms with Gasteiger partial charge in [0.25, 0.3) is 5.78 Å². The molecule has 0 fully saturated rings. The fourth-order valence-corrected chi connectivity index (χ4v) is 2.17. The molecule has 116 valence electrons. The predicted octanol–water partition coefficient (Wildman–Crippen LogP) is 3.65. The van der Waals surface area contributed by atoms with E-state index in [4.69, 9.17) is 4.74 Å². The first-order valence-corrected chi connectivity index (χ1v) is 7.46. The Balaban J connectivity index is 3.02. The fraction of sp³-hybridized carbons (Fsp3) is 0.429. The van der Waals surface area contributed by atoms with Crippen molar-refractivity contribution in [3.05, 3.63) is 29.3 Å². The largest absolute Gasteiger partial charge is 0.466 e. The summed E-state index contributed by atoms with van der Waals surface area (Å²) in [6, 6.07) is 4.28. The number of benzene rings is 1. The Hall–Kier alpha value is -1.50. The van der Waals surface area contributed by atoms with Crippen molar-refractivity contribution in [2.45, 2.75) is 30.8 Å². The van der Waals surface area contributed by atoms with E-state index in [2.05, 4.69) is 0 Å². The van der Waals surface area contributed by atoms with Gasteiger partial charge in [-0.25, -0.2) is 0 Å². The first kappa shape index (κ1) is 17.6. The van der Waals surface area contributed by atoms with Crippen molar-refractivity contribution in [3.8, 4) is 0 Å². The average Bonchev–Trinajstić information content (AvgIpc) is 2.43. The van der Waals surface area contributed by atoms with Gasteiger partial charge in [0.15, 0.2) is 0 Å². The van der Waals surface area contributed by atoms with E-state index in [1.807, 2.05) is 0 Å². The number of ketones is 1. The quantitative estimate of drug-likeness (QED) is 0.456. The summed E-state index contributed by atoms with van der Waals surface area (Å²) in [7, 11) is 0. The first-order valence-electron chi connectivity index (χ1n) is 6.23. The third kappa shape index (κ3) is 5.08. The lowest BCUT2D eigenvalue weighted by Gasteiger charge is -2.12. The van der Waals surface area contributed by atoms with Gasteiger partial charge in [0.05, 0.1) is 6.61 Å². The highest BCUT2D eigenvalue weighted by molar-refractivity contribution is 7.98.